The van der Waals surface area contributed by atoms with Gasteiger partial charge in [0.15, 0.2) is 8.32 Å². The molecule has 0 spiro atoms. The maximum absolute atomic E-state index is 6.24. The molecular weight excluding hydrogens is 236 g/mol. The van der Waals surface area contributed by atoms with Crippen LogP contribution in [0.5, 0.6) is 0 Å². The molecule has 0 aromatic carbocycles. The molecule has 1 aliphatic heterocycles. The second-order valence-electron chi connectivity index (χ2n) is 6.01. The summed E-state index contributed by atoms with van der Waals surface area (Å²) in [5.74, 6) is 0. The highest BCUT2D eigenvalue weighted by Crippen LogP contribution is 2.28. The summed E-state index contributed by atoms with van der Waals surface area (Å²) >= 11 is 0. The normalized spacial score (nSPS) is 23.3. The highest BCUT2D eigenvalue weighted by molar-refractivity contribution is 6.71. The van der Waals surface area contributed by atoms with E-state index in [4.69, 9.17) is 4.43 Å². The van der Waals surface area contributed by atoms with Crippen molar-refractivity contribution in [1.29, 1.82) is 0 Å². The van der Waals surface area contributed by atoms with E-state index in [9.17, 15) is 0 Å². The average Bonchev–Trinajstić information content (AvgIpc) is 2.31. The number of rotatable bonds is 8. The lowest BCUT2D eigenvalue weighted by Gasteiger charge is -2.34. The SMILES string of the molecule is C=CCCC=CCCCCC1CCC[Si](C)(C)O1. The van der Waals surface area contributed by atoms with Crippen LogP contribution in [0, 0.1) is 0 Å². The van der Waals surface area contributed by atoms with Crippen LogP contribution in [0.1, 0.15) is 51.4 Å². The number of hydrogen-bond donors (Lipinski definition) is 0. The molecule has 0 aromatic rings. The van der Waals surface area contributed by atoms with E-state index in [2.05, 4.69) is 31.8 Å². The lowest BCUT2D eigenvalue weighted by atomic mass is 10.1. The Balaban J connectivity index is 2.00. The molecule has 0 bridgehead atoms. The number of allylic oxidation sites excluding steroid dienone is 3. The van der Waals surface area contributed by atoms with Gasteiger partial charge in [0.1, 0.15) is 0 Å². The molecule has 1 fully saturated rings. The Labute approximate surface area is 114 Å². The van der Waals surface area contributed by atoms with Gasteiger partial charge in [-0.05, 0) is 57.7 Å². The summed E-state index contributed by atoms with van der Waals surface area (Å²) in [6, 6.07) is 1.36. The van der Waals surface area contributed by atoms with E-state index in [1.54, 1.807) is 0 Å². The van der Waals surface area contributed by atoms with E-state index in [-0.39, 0.29) is 0 Å². The maximum atomic E-state index is 6.24. The molecule has 1 rings (SSSR count). The zero-order valence-corrected chi connectivity index (χ0v) is 13.3. The second kappa shape index (κ2) is 8.71. The third kappa shape index (κ3) is 7.17. The van der Waals surface area contributed by atoms with Gasteiger partial charge in [-0.3, -0.25) is 0 Å². The van der Waals surface area contributed by atoms with E-state index in [0.717, 1.165) is 12.8 Å². The molecule has 2 heteroatoms. The Morgan fingerprint density at radius 1 is 1.17 bits per heavy atom. The van der Waals surface area contributed by atoms with Crippen molar-refractivity contribution < 1.29 is 4.43 Å². The van der Waals surface area contributed by atoms with Gasteiger partial charge in [0.25, 0.3) is 0 Å². The number of hydrogen-bond acceptors (Lipinski definition) is 1. The Bertz CT molecular complexity index is 258. The minimum atomic E-state index is -1.27. The van der Waals surface area contributed by atoms with Gasteiger partial charge in [0.2, 0.25) is 0 Å². The Kier molecular flexibility index (Phi) is 7.60. The van der Waals surface area contributed by atoms with Crippen LogP contribution in [0.4, 0.5) is 0 Å². The van der Waals surface area contributed by atoms with Crippen molar-refractivity contribution in [2.24, 2.45) is 0 Å². The second-order valence-corrected chi connectivity index (χ2v) is 10.3. The van der Waals surface area contributed by atoms with Gasteiger partial charge in [-0.25, -0.2) is 0 Å². The van der Waals surface area contributed by atoms with Gasteiger partial charge in [0.05, 0.1) is 0 Å². The fourth-order valence-electron chi connectivity index (χ4n) is 2.61. The highest BCUT2D eigenvalue weighted by atomic mass is 28.4. The van der Waals surface area contributed by atoms with Gasteiger partial charge < -0.3 is 4.43 Å². The van der Waals surface area contributed by atoms with Crippen LogP contribution in [-0.4, -0.2) is 14.4 Å². The monoisotopic (exact) mass is 266 g/mol. The predicted octanol–water partition coefficient (Wildman–Crippen LogP) is 5.45. The summed E-state index contributed by atoms with van der Waals surface area (Å²) in [6.07, 6.45) is 17.2. The van der Waals surface area contributed by atoms with Crippen molar-refractivity contribution in [1.82, 2.24) is 0 Å². The molecule has 0 amide bonds. The van der Waals surface area contributed by atoms with E-state index < -0.39 is 8.32 Å². The van der Waals surface area contributed by atoms with E-state index >= 15 is 0 Å². The lowest BCUT2D eigenvalue weighted by molar-refractivity contribution is 0.148. The molecule has 18 heavy (non-hydrogen) atoms. The van der Waals surface area contributed by atoms with Crippen molar-refractivity contribution in [3.8, 4) is 0 Å². The van der Waals surface area contributed by atoms with Gasteiger partial charge in [-0.15, -0.1) is 6.58 Å². The molecular formula is C16H30OSi. The number of unbranched alkanes of at least 4 members (excludes halogenated alkanes) is 3. The van der Waals surface area contributed by atoms with Gasteiger partial charge in [0, 0.05) is 6.10 Å². The fraction of sp³-hybridized carbons (Fsp3) is 0.750. The van der Waals surface area contributed by atoms with E-state index in [0.29, 0.717) is 6.10 Å². The first-order valence-electron chi connectivity index (χ1n) is 7.58. The molecule has 1 heterocycles. The summed E-state index contributed by atoms with van der Waals surface area (Å²) in [5, 5.41) is 0. The molecule has 104 valence electrons. The van der Waals surface area contributed by atoms with Crippen LogP contribution in [-0.2, 0) is 4.43 Å². The third-order valence-corrected chi connectivity index (χ3v) is 6.17. The quantitative estimate of drug-likeness (QED) is 0.322. The third-order valence-electron chi connectivity index (χ3n) is 3.64. The van der Waals surface area contributed by atoms with Crippen molar-refractivity contribution in [2.45, 2.75) is 76.6 Å². The maximum Gasteiger partial charge on any atom is 0.187 e. The van der Waals surface area contributed by atoms with Crippen LogP contribution in [0.15, 0.2) is 24.8 Å². The van der Waals surface area contributed by atoms with Gasteiger partial charge >= 0.3 is 0 Å². The largest absolute Gasteiger partial charge is 0.414 e. The summed E-state index contributed by atoms with van der Waals surface area (Å²) < 4.78 is 6.24. The zero-order valence-electron chi connectivity index (χ0n) is 12.3. The molecule has 0 saturated carbocycles. The molecule has 1 saturated heterocycles. The Hall–Kier alpha value is -0.343. The first-order chi connectivity index (χ1) is 8.64. The van der Waals surface area contributed by atoms with Crippen molar-refractivity contribution in [2.75, 3.05) is 0 Å². The first-order valence-corrected chi connectivity index (χ1v) is 10.7. The van der Waals surface area contributed by atoms with Crippen LogP contribution >= 0.6 is 0 Å². The molecule has 0 N–H and O–H groups in total. The topological polar surface area (TPSA) is 9.23 Å². The lowest BCUT2D eigenvalue weighted by Crippen LogP contribution is -2.39. The molecule has 1 aliphatic rings. The van der Waals surface area contributed by atoms with Crippen molar-refractivity contribution >= 4 is 8.32 Å². The van der Waals surface area contributed by atoms with Gasteiger partial charge in [-0.2, -0.15) is 0 Å². The first kappa shape index (κ1) is 15.7. The smallest absolute Gasteiger partial charge is 0.187 e. The van der Waals surface area contributed by atoms with E-state index in [1.807, 2.05) is 6.08 Å². The molecule has 1 atom stereocenters. The fourth-order valence-corrected chi connectivity index (χ4v) is 4.92. The van der Waals surface area contributed by atoms with Crippen LogP contribution < -0.4 is 0 Å². The Morgan fingerprint density at radius 2 is 1.94 bits per heavy atom. The van der Waals surface area contributed by atoms with Gasteiger partial charge in [-0.1, -0.05) is 31.1 Å². The van der Waals surface area contributed by atoms with Crippen LogP contribution in [0.25, 0.3) is 0 Å². The van der Waals surface area contributed by atoms with E-state index in [1.165, 1.54) is 44.6 Å². The summed E-state index contributed by atoms with van der Waals surface area (Å²) in [4.78, 5) is 0. The molecule has 1 nitrogen and oxygen atoms in total. The minimum absolute atomic E-state index is 0.574. The van der Waals surface area contributed by atoms with Crippen molar-refractivity contribution in [3.63, 3.8) is 0 Å². The molecule has 1 unspecified atom stereocenters. The molecule has 0 aromatic heterocycles. The van der Waals surface area contributed by atoms with Crippen molar-refractivity contribution in [3.05, 3.63) is 24.8 Å². The molecule has 0 radical (unpaired) electrons. The minimum Gasteiger partial charge on any atom is -0.414 e. The average molecular weight is 267 g/mol. The summed E-state index contributed by atoms with van der Waals surface area (Å²) in [5.41, 5.74) is 0. The Morgan fingerprint density at radius 3 is 2.67 bits per heavy atom. The summed E-state index contributed by atoms with van der Waals surface area (Å²) in [7, 11) is -1.27. The zero-order chi connectivity index (χ0) is 13.3. The van der Waals surface area contributed by atoms with Crippen LogP contribution in [0.2, 0.25) is 19.1 Å². The highest BCUT2D eigenvalue weighted by Gasteiger charge is 2.30. The summed E-state index contributed by atoms with van der Waals surface area (Å²) in [6.45, 7) is 8.45. The van der Waals surface area contributed by atoms with Crippen LogP contribution in [0.3, 0.4) is 0 Å². The standard InChI is InChI=1S/C16H30OSi/c1-4-5-6-7-8-9-10-11-13-16-14-12-15-18(2,3)17-16/h4,7-8,16H,1,5-6,9-15H2,2-3H3. The molecule has 0 aliphatic carbocycles. The predicted molar refractivity (Wildman–Crippen MR) is 83.4 cm³/mol.